The predicted molar refractivity (Wildman–Crippen MR) is 50.7 cm³/mol. The van der Waals surface area contributed by atoms with E-state index in [1.165, 1.54) is 6.33 Å². The number of aromatic nitrogens is 2. The van der Waals surface area contributed by atoms with Crippen LogP contribution in [0.5, 0.6) is 5.88 Å². The van der Waals surface area contributed by atoms with Crippen LogP contribution in [0.3, 0.4) is 0 Å². The molecule has 0 saturated carbocycles. The second-order valence-corrected chi connectivity index (χ2v) is 3.10. The number of nitrogens with zero attached hydrogens (tertiary/aromatic N) is 2. The van der Waals surface area contributed by atoms with Crippen LogP contribution in [0, 0.1) is 13.8 Å². The maximum atomic E-state index is 9.53. The van der Waals surface area contributed by atoms with E-state index in [-0.39, 0.29) is 5.88 Å². The van der Waals surface area contributed by atoms with E-state index in [2.05, 4.69) is 9.97 Å². The highest BCUT2D eigenvalue weighted by molar-refractivity contribution is 5.87. The Balaban J connectivity index is 2.97. The van der Waals surface area contributed by atoms with Crippen LogP contribution in [0.15, 0.2) is 18.5 Å². The van der Waals surface area contributed by atoms with Crippen LogP contribution in [0.25, 0.3) is 10.9 Å². The highest BCUT2D eigenvalue weighted by Gasteiger charge is 2.06. The molecule has 0 bridgehead atoms. The molecule has 0 radical (unpaired) electrons. The van der Waals surface area contributed by atoms with E-state index in [0.29, 0.717) is 0 Å². The minimum atomic E-state index is 0.0613. The van der Waals surface area contributed by atoms with Gasteiger partial charge in [0.05, 0.1) is 10.9 Å². The zero-order valence-electron chi connectivity index (χ0n) is 7.57. The maximum Gasteiger partial charge on any atom is 0.222 e. The lowest BCUT2D eigenvalue weighted by atomic mass is 10.1. The van der Waals surface area contributed by atoms with Crippen LogP contribution in [-0.2, 0) is 0 Å². The Morgan fingerprint density at radius 2 is 1.92 bits per heavy atom. The summed E-state index contributed by atoms with van der Waals surface area (Å²) in [5, 5.41) is 10.3. The summed E-state index contributed by atoms with van der Waals surface area (Å²) in [4.78, 5) is 7.83. The molecule has 1 heterocycles. The highest BCUT2D eigenvalue weighted by Crippen LogP contribution is 2.25. The molecule has 1 aromatic carbocycles. The normalized spacial score (nSPS) is 10.6. The third kappa shape index (κ3) is 1.13. The first kappa shape index (κ1) is 7.98. The molecule has 0 aliphatic rings. The Kier molecular flexibility index (Phi) is 1.65. The van der Waals surface area contributed by atoms with Crippen molar-refractivity contribution in [3.63, 3.8) is 0 Å². The van der Waals surface area contributed by atoms with Crippen molar-refractivity contribution in [1.29, 1.82) is 0 Å². The van der Waals surface area contributed by atoms with Gasteiger partial charge in [0.15, 0.2) is 0 Å². The van der Waals surface area contributed by atoms with Gasteiger partial charge in [0, 0.05) is 0 Å². The number of benzene rings is 1. The summed E-state index contributed by atoms with van der Waals surface area (Å²) in [5.41, 5.74) is 2.96. The van der Waals surface area contributed by atoms with Gasteiger partial charge in [0.2, 0.25) is 5.88 Å². The van der Waals surface area contributed by atoms with Gasteiger partial charge in [-0.05, 0) is 31.0 Å². The quantitative estimate of drug-likeness (QED) is 0.664. The van der Waals surface area contributed by atoms with Gasteiger partial charge < -0.3 is 5.11 Å². The average molecular weight is 174 g/mol. The Hall–Kier alpha value is -1.64. The SMILES string of the molecule is Cc1ccc2ncnc(O)c2c1C. The molecular formula is C10H10N2O. The number of hydrogen-bond donors (Lipinski definition) is 1. The van der Waals surface area contributed by atoms with Gasteiger partial charge in [-0.1, -0.05) is 6.07 Å². The van der Waals surface area contributed by atoms with E-state index in [0.717, 1.165) is 22.0 Å². The molecule has 0 saturated heterocycles. The molecule has 0 fully saturated rings. The van der Waals surface area contributed by atoms with Crippen molar-refractivity contribution in [2.45, 2.75) is 13.8 Å². The van der Waals surface area contributed by atoms with Gasteiger partial charge in [-0.25, -0.2) is 9.97 Å². The zero-order valence-corrected chi connectivity index (χ0v) is 7.57. The van der Waals surface area contributed by atoms with Crippen molar-refractivity contribution >= 4 is 10.9 Å². The molecule has 0 spiro atoms. The summed E-state index contributed by atoms with van der Waals surface area (Å²) in [6.07, 6.45) is 1.37. The molecule has 1 N–H and O–H groups in total. The molecule has 13 heavy (non-hydrogen) atoms. The van der Waals surface area contributed by atoms with Crippen LogP contribution in [0.1, 0.15) is 11.1 Å². The second-order valence-electron chi connectivity index (χ2n) is 3.10. The Morgan fingerprint density at radius 1 is 1.15 bits per heavy atom. The van der Waals surface area contributed by atoms with E-state index in [4.69, 9.17) is 0 Å². The number of fused-ring (bicyclic) bond motifs is 1. The minimum absolute atomic E-state index is 0.0613. The summed E-state index contributed by atoms with van der Waals surface area (Å²) >= 11 is 0. The van der Waals surface area contributed by atoms with Gasteiger partial charge in [0.1, 0.15) is 6.33 Å². The molecule has 0 amide bonds. The zero-order chi connectivity index (χ0) is 9.42. The minimum Gasteiger partial charge on any atom is -0.493 e. The Labute approximate surface area is 76.1 Å². The topological polar surface area (TPSA) is 46.0 Å². The van der Waals surface area contributed by atoms with Gasteiger partial charge in [-0.15, -0.1) is 0 Å². The smallest absolute Gasteiger partial charge is 0.222 e. The average Bonchev–Trinajstić information content (AvgIpc) is 2.12. The monoisotopic (exact) mass is 174 g/mol. The van der Waals surface area contributed by atoms with E-state index < -0.39 is 0 Å². The van der Waals surface area contributed by atoms with Gasteiger partial charge in [-0.3, -0.25) is 0 Å². The van der Waals surface area contributed by atoms with E-state index in [9.17, 15) is 5.11 Å². The van der Waals surface area contributed by atoms with Crippen molar-refractivity contribution in [2.75, 3.05) is 0 Å². The highest BCUT2D eigenvalue weighted by atomic mass is 16.3. The molecule has 0 unspecified atom stereocenters. The molecule has 3 heteroatoms. The van der Waals surface area contributed by atoms with Crippen LogP contribution >= 0.6 is 0 Å². The van der Waals surface area contributed by atoms with Crippen LogP contribution in [0.4, 0.5) is 0 Å². The fourth-order valence-corrected chi connectivity index (χ4v) is 1.40. The molecule has 1 aromatic heterocycles. The maximum absolute atomic E-state index is 9.53. The third-order valence-corrected chi connectivity index (χ3v) is 2.31. The van der Waals surface area contributed by atoms with E-state index in [1.807, 2.05) is 26.0 Å². The summed E-state index contributed by atoms with van der Waals surface area (Å²) in [6, 6.07) is 3.88. The largest absolute Gasteiger partial charge is 0.493 e. The summed E-state index contributed by atoms with van der Waals surface area (Å²) in [5.74, 6) is 0.0613. The predicted octanol–water partition coefficient (Wildman–Crippen LogP) is 1.95. The Morgan fingerprint density at radius 3 is 2.69 bits per heavy atom. The second kappa shape index (κ2) is 2.69. The van der Waals surface area contributed by atoms with Gasteiger partial charge >= 0.3 is 0 Å². The number of rotatable bonds is 0. The van der Waals surface area contributed by atoms with E-state index in [1.54, 1.807) is 0 Å². The van der Waals surface area contributed by atoms with Crippen LogP contribution < -0.4 is 0 Å². The molecule has 2 aromatic rings. The lowest BCUT2D eigenvalue weighted by molar-refractivity contribution is 0.459. The first-order chi connectivity index (χ1) is 6.20. The molecule has 3 nitrogen and oxygen atoms in total. The van der Waals surface area contributed by atoms with Crippen molar-refractivity contribution in [3.8, 4) is 5.88 Å². The van der Waals surface area contributed by atoms with Gasteiger partial charge in [-0.2, -0.15) is 0 Å². The fraction of sp³-hybridized carbons (Fsp3) is 0.200. The van der Waals surface area contributed by atoms with Crippen molar-refractivity contribution < 1.29 is 5.11 Å². The van der Waals surface area contributed by atoms with Crippen molar-refractivity contribution in [2.24, 2.45) is 0 Å². The number of aromatic hydroxyl groups is 1. The number of aryl methyl sites for hydroxylation is 2. The molecule has 0 aliphatic carbocycles. The van der Waals surface area contributed by atoms with Crippen molar-refractivity contribution in [1.82, 2.24) is 9.97 Å². The third-order valence-electron chi connectivity index (χ3n) is 2.31. The lowest BCUT2D eigenvalue weighted by Gasteiger charge is -2.04. The molecule has 2 rings (SSSR count). The molecule has 0 aliphatic heterocycles. The van der Waals surface area contributed by atoms with E-state index >= 15 is 0 Å². The molecule has 0 atom stereocenters. The summed E-state index contributed by atoms with van der Waals surface area (Å²) in [6.45, 7) is 3.96. The van der Waals surface area contributed by atoms with Crippen LogP contribution in [-0.4, -0.2) is 15.1 Å². The van der Waals surface area contributed by atoms with Gasteiger partial charge in [0.25, 0.3) is 0 Å². The summed E-state index contributed by atoms with van der Waals surface area (Å²) in [7, 11) is 0. The first-order valence-corrected chi connectivity index (χ1v) is 4.10. The fourth-order valence-electron chi connectivity index (χ4n) is 1.40. The first-order valence-electron chi connectivity index (χ1n) is 4.10. The molecule has 66 valence electrons. The summed E-state index contributed by atoms with van der Waals surface area (Å²) < 4.78 is 0. The number of hydrogen-bond acceptors (Lipinski definition) is 3. The van der Waals surface area contributed by atoms with Crippen LogP contribution in [0.2, 0.25) is 0 Å². The lowest BCUT2D eigenvalue weighted by Crippen LogP contribution is -1.88. The Bertz CT molecular complexity index is 466. The van der Waals surface area contributed by atoms with Crippen molar-refractivity contribution in [3.05, 3.63) is 29.6 Å². The molecular weight excluding hydrogens is 164 g/mol. The standard InChI is InChI=1S/C10H10N2O/c1-6-3-4-8-9(7(6)2)10(13)12-5-11-8/h3-5H,1-2H3,(H,11,12,13).